The summed E-state index contributed by atoms with van der Waals surface area (Å²) in [5, 5.41) is 13.1. The van der Waals surface area contributed by atoms with Crippen LogP contribution in [0.4, 0.5) is 5.00 Å². The first-order chi connectivity index (χ1) is 9.10. The minimum absolute atomic E-state index is 0.129. The Hall–Kier alpha value is -1.67. The van der Waals surface area contributed by atoms with Gasteiger partial charge in [-0.3, -0.25) is 14.9 Å². The molecule has 0 unspecified atom stereocenters. The van der Waals surface area contributed by atoms with Gasteiger partial charge in [-0.2, -0.15) is 4.98 Å². The summed E-state index contributed by atoms with van der Waals surface area (Å²) in [6.45, 7) is 2.69. The number of hydrogen-bond donors (Lipinski definition) is 0. The molecule has 100 valence electrons. The van der Waals surface area contributed by atoms with Crippen molar-refractivity contribution in [2.24, 2.45) is 0 Å². The van der Waals surface area contributed by atoms with Crippen molar-refractivity contribution < 1.29 is 4.92 Å². The number of rotatable bonds is 5. The predicted molar refractivity (Wildman–Crippen MR) is 74.7 cm³/mol. The highest BCUT2D eigenvalue weighted by molar-refractivity contribution is 7.98. The van der Waals surface area contributed by atoms with Gasteiger partial charge in [0.1, 0.15) is 0 Å². The molecule has 2 heterocycles. The zero-order valence-electron chi connectivity index (χ0n) is 10.1. The largest absolute Gasteiger partial charge is 0.328 e. The molecule has 0 amide bonds. The molecule has 0 fully saturated rings. The third kappa shape index (κ3) is 3.42. The van der Waals surface area contributed by atoms with E-state index in [9.17, 15) is 14.9 Å². The number of nitrogens with zero attached hydrogens (tertiary/aromatic N) is 3. The molecule has 0 saturated carbocycles. The fourth-order valence-corrected chi connectivity index (χ4v) is 3.26. The van der Waals surface area contributed by atoms with E-state index in [2.05, 4.69) is 4.98 Å². The summed E-state index contributed by atoms with van der Waals surface area (Å²) in [5.41, 5.74) is 0.589. The molecule has 0 spiro atoms. The second-order valence-corrected chi connectivity index (χ2v) is 5.51. The molecule has 0 aliphatic rings. The Bertz CT molecular complexity index is 651. The number of aromatic nitrogens is 2. The van der Waals surface area contributed by atoms with E-state index in [1.54, 1.807) is 17.6 Å². The van der Waals surface area contributed by atoms with Crippen LogP contribution in [0.15, 0.2) is 33.7 Å². The van der Waals surface area contributed by atoms with Gasteiger partial charge in [-0.25, -0.2) is 0 Å². The highest BCUT2D eigenvalue weighted by Gasteiger charge is 2.10. The highest BCUT2D eigenvalue weighted by atomic mass is 32.2. The zero-order valence-corrected chi connectivity index (χ0v) is 11.7. The summed E-state index contributed by atoms with van der Waals surface area (Å²) in [7, 11) is 0. The third-order valence-electron chi connectivity index (χ3n) is 2.38. The van der Waals surface area contributed by atoms with Crippen molar-refractivity contribution in [3.63, 3.8) is 0 Å². The van der Waals surface area contributed by atoms with Gasteiger partial charge in [0.2, 0.25) is 0 Å². The van der Waals surface area contributed by atoms with Crippen LogP contribution in [0.2, 0.25) is 0 Å². The molecule has 0 aliphatic heterocycles. The normalized spacial score (nSPS) is 10.6. The molecule has 0 aromatic carbocycles. The van der Waals surface area contributed by atoms with Gasteiger partial charge in [0, 0.05) is 36.0 Å². The van der Waals surface area contributed by atoms with Crippen LogP contribution in [0.3, 0.4) is 0 Å². The van der Waals surface area contributed by atoms with Crippen LogP contribution in [-0.2, 0) is 12.3 Å². The lowest BCUT2D eigenvalue weighted by Crippen LogP contribution is -2.12. The van der Waals surface area contributed by atoms with Crippen molar-refractivity contribution in [3.05, 3.63) is 49.7 Å². The summed E-state index contributed by atoms with van der Waals surface area (Å²) in [6, 6.07) is 2.97. The Morgan fingerprint density at radius 1 is 1.58 bits per heavy atom. The Balaban J connectivity index is 2.11. The van der Waals surface area contributed by atoms with Crippen molar-refractivity contribution >= 4 is 28.1 Å². The second-order valence-electron chi connectivity index (χ2n) is 3.67. The Labute approximate surface area is 117 Å². The van der Waals surface area contributed by atoms with E-state index in [0.717, 1.165) is 23.4 Å². The van der Waals surface area contributed by atoms with Crippen LogP contribution in [0.1, 0.15) is 12.5 Å². The predicted octanol–water partition coefficient (Wildman–Crippen LogP) is 2.53. The van der Waals surface area contributed by atoms with Crippen molar-refractivity contribution in [2.75, 3.05) is 0 Å². The molecule has 2 aromatic rings. The lowest BCUT2D eigenvalue weighted by Gasteiger charge is -2.07. The third-order valence-corrected chi connectivity index (χ3v) is 4.37. The first-order valence-electron chi connectivity index (χ1n) is 5.52. The number of thiophene rings is 1. The Kier molecular flexibility index (Phi) is 4.33. The first kappa shape index (κ1) is 13.8. The lowest BCUT2D eigenvalue weighted by atomic mass is 10.4. The van der Waals surface area contributed by atoms with Gasteiger partial charge in [0.15, 0.2) is 5.16 Å². The zero-order chi connectivity index (χ0) is 13.8. The molecule has 0 aliphatic carbocycles. The fourth-order valence-electron chi connectivity index (χ4n) is 1.45. The summed E-state index contributed by atoms with van der Waals surface area (Å²) in [4.78, 5) is 25.4. The van der Waals surface area contributed by atoms with Crippen molar-refractivity contribution in [1.82, 2.24) is 9.55 Å². The van der Waals surface area contributed by atoms with Gasteiger partial charge >= 0.3 is 5.00 Å². The van der Waals surface area contributed by atoms with E-state index in [0.29, 0.717) is 10.9 Å². The van der Waals surface area contributed by atoms with E-state index in [1.807, 2.05) is 11.5 Å². The number of hydrogen-bond acceptors (Lipinski definition) is 6. The van der Waals surface area contributed by atoms with Crippen molar-refractivity contribution in [1.29, 1.82) is 0 Å². The molecule has 2 rings (SSSR count). The second kappa shape index (κ2) is 5.98. The van der Waals surface area contributed by atoms with Gasteiger partial charge in [0.05, 0.1) is 4.92 Å². The van der Waals surface area contributed by atoms with Crippen molar-refractivity contribution in [3.8, 4) is 0 Å². The van der Waals surface area contributed by atoms with Gasteiger partial charge in [-0.1, -0.05) is 23.1 Å². The summed E-state index contributed by atoms with van der Waals surface area (Å²) < 4.78 is 1.87. The number of aryl methyl sites for hydroxylation is 1. The lowest BCUT2D eigenvalue weighted by molar-refractivity contribution is -0.380. The van der Waals surface area contributed by atoms with Crippen LogP contribution < -0.4 is 5.56 Å². The highest BCUT2D eigenvalue weighted by Crippen LogP contribution is 2.27. The summed E-state index contributed by atoms with van der Waals surface area (Å²) in [6.07, 6.45) is 1.70. The van der Waals surface area contributed by atoms with Crippen LogP contribution in [0.25, 0.3) is 0 Å². The average molecular weight is 297 g/mol. The summed E-state index contributed by atoms with van der Waals surface area (Å²) in [5.74, 6) is 0.556. The van der Waals surface area contributed by atoms with Gasteiger partial charge < -0.3 is 4.57 Å². The molecule has 2 aromatic heterocycles. The monoisotopic (exact) mass is 297 g/mol. The smallest absolute Gasteiger partial charge is 0.324 e. The molecule has 0 radical (unpaired) electrons. The van der Waals surface area contributed by atoms with Crippen LogP contribution in [-0.4, -0.2) is 14.5 Å². The topological polar surface area (TPSA) is 78.0 Å². The summed E-state index contributed by atoms with van der Waals surface area (Å²) >= 11 is 2.50. The maximum absolute atomic E-state index is 11.2. The van der Waals surface area contributed by atoms with Gasteiger partial charge in [0.25, 0.3) is 5.56 Å². The van der Waals surface area contributed by atoms with Crippen LogP contribution in [0.5, 0.6) is 0 Å². The minimum Gasteiger partial charge on any atom is -0.328 e. The molecule has 19 heavy (non-hydrogen) atoms. The standard InChI is InChI=1S/C11H11N3O3S2/c1-2-13-4-3-9(15)12-11(13)19-7-8-5-10(14(16)17)18-6-8/h3-6H,2,7H2,1H3. The van der Waals surface area contributed by atoms with E-state index in [1.165, 1.54) is 17.8 Å². The molecule has 0 bridgehead atoms. The van der Waals surface area contributed by atoms with E-state index >= 15 is 0 Å². The molecular formula is C11H11N3O3S2. The molecule has 0 saturated heterocycles. The van der Waals surface area contributed by atoms with Crippen molar-refractivity contribution in [2.45, 2.75) is 24.4 Å². The van der Waals surface area contributed by atoms with E-state index in [4.69, 9.17) is 0 Å². The Morgan fingerprint density at radius 3 is 3.00 bits per heavy atom. The molecule has 6 nitrogen and oxygen atoms in total. The quantitative estimate of drug-likeness (QED) is 0.367. The van der Waals surface area contributed by atoms with E-state index in [-0.39, 0.29) is 10.6 Å². The van der Waals surface area contributed by atoms with Gasteiger partial charge in [-0.15, -0.1) is 0 Å². The Morgan fingerprint density at radius 2 is 2.37 bits per heavy atom. The van der Waals surface area contributed by atoms with Gasteiger partial charge in [-0.05, 0) is 12.5 Å². The SMILES string of the molecule is CCn1ccc(=O)nc1SCc1csc([N+](=O)[O-])c1. The molecular weight excluding hydrogens is 286 g/mol. The van der Waals surface area contributed by atoms with Crippen LogP contribution >= 0.6 is 23.1 Å². The van der Waals surface area contributed by atoms with E-state index < -0.39 is 4.92 Å². The maximum atomic E-state index is 11.2. The number of thioether (sulfide) groups is 1. The first-order valence-corrected chi connectivity index (χ1v) is 7.38. The maximum Gasteiger partial charge on any atom is 0.324 e. The minimum atomic E-state index is -0.401. The molecule has 0 atom stereocenters. The number of nitro groups is 1. The molecule has 0 N–H and O–H groups in total. The molecule has 8 heteroatoms. The average Bonchev–Trinajstić information content (AvgIpc) is 2.85. The fraction of sp³-hybridized carbons (Fsp3) is 0.273. The van der Waals surface area contributed by atoms with Crippen LogP contribution in [0, 0.1) is 10.1 Å².